The molecule has 31 heavy (non-hydrogen) atoms. The van der Waals surface area contributed by atoms with E-state index < -0.39 is 11.8 Å². The average Bonchev–Trinajstić information content (AvgIpc) is 3.36. The van der Waals surface area contributed by atoms with Gasteiger partial charge < -0.3 is 19.9 Å². The Morgan fingerprint density at radius 3 is 1.94 bits per heavy atom. The standard InChI is InChI=1S/C22H20ClN5O3/c1-27-12-18(20(29)25-15-4-2-14(23)3-5-15)19(13-27)21(30)26-16-6-8-17(9-7-16)28-10-11-31-22(28)24/h2-9,12-13,24H,10-11H2,1H3,(H,25,29)(H,26,30). The summed E-state index contributed by atoms with van der Waals surface area (Å²) in [4.78, 5) is 27.3. The van der Waals surface area contributed by atoms with Crippen LogP contribution >= 0.6 is 11.6 Å². The molecule has 0 radical (unpaired) electrons. The van der Waals surface area contributed by atoms with E-state index in [4.69, 9.17) is 21.7 Å². The Morgan fingerprint density at radius 1 is 0.935 bits per heavy atom. The quantitative estimate of drug-likeness (QED) is 0.562. The van der Waals surface area contributed by atoms with Crippen LogP contribution in [0.2, 0.25) is 5.02 Å². The van der Waals surface area contributed by atoms with E-state index >= 15 is 0 Å². The number of amides is 2. The van der Waals surface area contributed by atoms with Crippen molar-refractivity contribution in [1.29, 1.82) is 5.41 Å². The number of hydrogen-bond acceptors (Lipinski definition) is 4. The number of carbonyl (C=O) groups excluding carboxylic acids is 2. The zero-order valence-electron chi connectivity index (χ0n) is 16.7. The molecule has 0 unspecified atom stereocenters. The zero-order valence-corrected chi connectivity index (χ0v) is 17.4. The van der Waals surface area contributed by atoms with Crippen LogP contribution in [0.1, 0.15) is 20.7 Å². The number of aryl methyl sites for hydroxylation is 1. The van der Waals surface area contributed by atoms with Crippen molar-refractivity contribution in [2.45, 2.75) is 0 Å². The Balaban J connectivity index is 1.48. The summed E-state index contributed by atoms with van der Waals surface area (Å²) in [6, 6.07) is 13.9. The molecule has 3 N–H and O–H groups in total. The van der Waals surface area contributed by atoms with Gasteiger partial charge in [-0.05, 0) is 48.5 Å². The van der Waals surface area contributed by atoms with E-state index in [1.165, 1.54) is 0 Å². The highest BCUT2D eigenvalue weighted by Gasteiger charge is 2.22. The summed E-state index contributed by atoms with van der Waals surface area (Å²) < 4.78 is 6.81. The van der Waals surface area contributed by atoms with Crippen LogP contribution in [0.25, 0.3) is 0 Å². The molecule has 0 spiro atoms. The smallest absolute Gasteiger partial charge is 0.289 e. The molecular weight excluding hydrogens is 418 g/mol. The van der Waals surface area contributed by atoms with Crippen LogP contribution in [0.3, 0.4) is 0 Å². The van der Waals surface area contributed by atoms with E-state index in [0.29, 0.717) is 29.5 Å². The molecule has 1 aliphatic heterocycles. The van der Waals surface area contributed by atoms with Crippen molar-refractivity contribution < 1.29 is 14.3 Å². The molecule has 1 aromatic heterocycles. The van der Waals surface area contributed by atoms with Gasteiger partial charge in [-0.3, -0.25) is 19.9 Å². The summed E-state index contributed by atoms with van der Waals surface area (Å²) >= 11 is 5.88. The van der Waals surface area contributed by atoms with Crippen LogP contribution in [0.15, 0.2) is 60.9 Å². The molecule has 4 rings (SSSR count). The van der Waals surface area contributed by atoms with Crippen molar-refractivity contribution >= 4 is 46.5 Å². The average molecular weight is 438 g/mol. The second kappa shape index (κ2) is 8.53. The number of amidine groups is 1. The van der Waals surface area contributed by atoms with E-state index in [2.05, 4.69) is 10.6 Å². The van der Waals surface area contributed by atoms with Gasteiger partial charge >= 0.3 is 0 Å². The van der Waals surface area contributed by atoms with Crippen molar-refractivity contribution in [3.63, 3.8) is 0 Å². The third-order valence-electron chi connectivity index (χ3n) is 4.78. The molecule has 3 aromatic rings. The van der Waals surface area contributed by atoms with Crippen LogP contribution in [0.5, 0.6) is 0 Å². The lowest BCUT2D eigenvalue weighted by Gasteiger charge is -2.15. The molecule has 0 aliphatic carbocycles. The number of aromatic nitrogens is 1. The number of anilines is 3. The number of carbonyl (C=O) groups is 2. The van der Waals surface area contributed by atoms with Gasteiger partial charge in [-0.15, -0.1) is 0 Å². The molecule has 0 atom stereocenters. The van der Waals surface area contributed by atoms with Crippen LogP contribution < -0.4 is 15.5 Å². The van der Waals surface area contributed by atoms with Crippen molar-refractivity contribution in [2.24, 2.45) is 7.05 Å². The summed E-state index contributed by atoms with van der Waals surface area (Å²) in [5.41, 5.74) is 2.48. The third kappa shape index (κ3) is 4.54. The number of ether oxygens (including phenoxy) is 1. The van der Waals surface area contributed by atoms with Gasteiger partial charge in [0.25, 0.3) is 17.8 Å². The summed E-state index contributed by atoms with van der Waals surface area (Å²) in [6.45, 7) is 1.09. The molecule has 2 amide bonds. The maximum atomic E-state index is 12.9. The van der Waals surface area contributed by atoms with Gasteiger partial charge in [0.05, 0.1) is 17.7 Å². The van der Waals surface area contributed by atoms with Gasteiger partial charge in [0.2, 0.25) is 0 Å². The van der Waals surface area contributed by atoms with Crippen molar-refractivity contribution in [3.05, 3.63) is 77.1 Å². The van der Waals surface area contributed by atoms with E-state index in [1.54, 1.807) is 77.4 Å². The predicted octanol–water partition coefficient (Wildman–Crippen LogP) is 3.95. The molecular formula is C22H20ClN5O3. The van der Waals surface area contributed by atoms with Gasteiger partial charge in [0, 0.05) is 41.5 Å². The highest BCUT2D eigenvalue weighted by Crippen LogP contribution is 2.22. The first-order valence-corrected chi connectivity index (χ1v) is 9.92. The lowest BCUT2D eigenvalue weighted by molar-refractivity contribution is 0.0991. The summed E-state index contributed by atoms with van der Waals surface area (Å²) in [5, 5.41) is 13.9. The molecule has 1 fully saturated rings. The second-order valence-corrected chi connectivity index (χ2v) is 7.45. The first kappa shape index (κ1) is 20.5. The molecule has 2 aromatic carbocycles. The third-order valence-corrected chi connectivity index (χ3v) is 5.03. The fourth-order valence-electron chi connectivity index (χ4n) is 3.26. The molecule has 158 valence electrons. The van der Waals surface area contributed by atoms with Gasteiger partial charge in [0.1, 0.15) is 6.61 Å². The SMILES string of the molecule is Cn1cc(C(=O)Nc2ccc(Cl)cc2)c(C(=O)Nc2ccc(N3CCOC3=N)cc2)c1. The highest BCUT2D eigenvalue weighted by molar-refractivity contribution is 6.30. The van der Waals surface area contributed by atoms with E-state index in [-0.39, 0.29) is 17.1 Å². The monoisotopic (exact) mass is 437 g/mol. The van der Waals surface area contributed by atoms with Crippen LogP contribution in [-0.4, -0.2) is 35.6 Å². The van der Waals surface area contributed by atoms with Crippen molar-refractivity contribution in [1.82, 2.24) is 4.57 Å². The topological polar surface area (TPSA) is 99.5 Å². The summed E-state index contributed by atoms with van der Waals surface area (Å²) in [5.74, 6) is -0.789. The molecule has 0 saturated carbocycles. The first-order chi connectivity index (χ1) is 14.9. The lowest BCUT2D eigenvalue weighted by Crippen LogP contribution is -2.23. The fourth-order valence-corrected chi connectivity index (χ4v) is 3.39. The Morgan fingerprint density at radius 2 is 1.45 bits per heavy atom. The Kier molecular flexibility index (Phi) is 5.64. The highest BCUT2D eigenvalue weighted by atomic mass is 35.5. The molecule has 1 aliphatic rings. The van der Waals surface area contributed by atoms with Crippen molar-refractivity contribution in [3.8, 4) is 0 Å². The Labute approximate surface area is 183 Å². The normalized spacial score (nSPS) is 13.1. The van der Waals surface area contributed by atoms with Gasteiger partial charge in [0.15, 0.2) is 0 Å². The second-order valence-electron chi connectivity index (χ2n) is 7.02. The minimum Gasteiger partial charge on any atom is -0.463 e. The predicted molar refractivity (Wildman–Crippen MR) is 120 cm³/mol. The van der Waals surface area contributed by atoms with Gasteiger partial charge in [-0.1, -0.05) is 11.6 Å². The fraction of sp³-hybridized carbons (Fsp3) is 0.136. The van der Waals surface area contributed by atoms with Crippen LogP contribution in [0, 0.1) is 5.41 Å². The van der Waals surface area contributed by atoms with Crippen LogP contribution in [0.4, 0.5) is 17.1 Å². The summed E-state index contributed by atoms with van der Waals surface area (Å²) in [6.07, 6.45) is 3.20. The Hall–Kier alpha value is -3.78. The maximum Gasteiger partial charge on any atom is 0.289 e. The molecule has 8 nitrogen and oxygen atoms in total. The number of nitrogens with zero attached hydrogens (tertiary/aromatic N) is 2. The number of nitrogens with one attached hydrogen (secondary N) is 3. The Bertz CT molecular complexity index is 1140. The first-order valence-electron chi connectivity index (χ1n) is 9.54. The number of halogens is 1. The maximum absolute atomic E-state index is 12.9. The minimum atomic E-state index is -0.396. The van der Waals surface area contributed by atoms with Crippen LogP contribution in [-0.2, 0) is 11.8 Å². The molecule has 0 bridgehead atoms. The lowest BCUT2D eigenvalue weighted by atomic mass is 10.1. The molecule has 1 saturated heterocycles. The van der Waals surface area contributed by atoms with E-state index in [9.17, 15) is 9.59 Å². The van der Waals surface area contributed by atoms with E-state index in [0.717, 1.165) is 5.69 Å². The molecule has 2 heterocycles. The molecule has 9 heteroatoms. The number of rotatable bonds is 5. The largest absolute Gasteiger partial charge is 0.463 e. The number of benzene rings is 2. The minimum absolute atomic E-state index is 0.109. The van der Waals surface area contributed by atoms with Gasteiger partial charge in [-0.2, -0.15) is 0 Å². The zero-order chi connectivity index (χ0) is 22.0. The number of hydrogen-bond donors (Lipinski definition) is 3. The van der Waals surface area contributed by atoms with Crippen molar-refractivity contribution in [2.75, 3.05) is 28.7 Å². The summed E-state index contributed by atoms with van der Waals surface area (Å²) in [7, 11) is 1.75. The van der Waals surface area contributed by atoms with E-state index in [1.807, 2.05) is 0 Å². The van der Waals surface area contributed by atoms with Gasteiger partial charge in [-0.25, -0.2) is 0 Å².